The highest BCUT2D eigenvalue weighted by molar-refractivity contribution is 5.79. The molecule has 11 heavy (non-hydrogen) atoms. The zero-order valence-electron chi connectivity index (χ0n) is 6.00. The van der Waals surface area contributed by atoms with Crippen LogP contribution in [0.3, 0.4) is 0 Å². The SMILES string of the molecule is Cc1nc(O)c2[nH]ccc2n1. The molecule has 0 aliphatic carbocycles. The molecule has 0 aliphatic heterocycles. The van der Waals surface area contributed by atoms with E-state index in [9.17, 15) is 5.11 Å². The highest BCUT2D eigenvalue weighted by Crippen LogP contribution is 2.17. The summed E-state index contributed by atoms with van der Waals surface area (Å²) >= 11 is 0. The van der Waals surface area contributed by atoms with Gasteiger partial charge in [0, 0.05) is 6.20 Å². The van der Waals surface area contributed by atoms with Gasteiger partial charge in [-0.05, 0) is 13.0 Å². The van der Waals surface area contributed by atoms with Gasteiger partial charge in [-0.3, -0.25) is 0 Å². The van der Waals surface area contributed by atoms with Crippen LogP contribution in [0.1, 0.15) is 5.82 Å². The van der Waals surface area contributed by atoms with Gasteiger partial charge in [-0.1, -0.05) is 0 Å². The molecule has 0 aromatic carbocycles. The molecule has 56 valence electrons. The van der Waals surface area contributed by atoms with E-state index >= 15 is 0 Å². The third-order valence-electron chi connectivity index (χ3n) is 1.50. The van der Waals surface area contributed by atoms with E-state index in [0.717, 1.165) is 5.52 Å². The van der Waals surface area contributed by atoms with Gasteiger partial charge in [-0.15, -0.1) is 0 Å². The summed E-state index contributed by atoms with van der Waals surface area (Å²) in [6.07, 6.45) is 1.72. The Bertz CT molecular complexity index is 393. The van der Waals surface area contributed by atoms with Gasteiger partial charge in [0.1, 0.15) is 11.3 Å². The molecule has 2 aromatic rings. The first-order valence-corrected chi connectivity index (χ1v) is 3.28. The van der Waals surface area contributed by atoms with Crippen molar-refractivity contribution in [2.24, 2.45) is 0 Å². The topological polar surface area (TPSA) is 61.8 Å². The molecular formula is C7H7N3O. The van der Waals surface area contributed by atoms with Gasteiger partial charge in [0.15, 0.2) is 0 Å². The molecule has 2 N–H and O–H groups in total. The van der Waals surface area contributed by atoms with Gasteiger partial charge in [0.05, 0.1) is 5.52 Å². The molecule has 0 unspecified atom stereocenters. The van der Waals surface area contributed by atoms with Crippen molar-refractivity contribution in [2.75, 3.05) is 0 Å². The molecule has 0 atom stereocenters. The number of hydrogen-bond donors (Lipinski definition) is 2. The normalized spacial score (nSPS) is 10.6. The summed E-state index contributed by atoms with van der Waals surface area (Å²) in [5.41, 5.74) is 1.34. The number of fused-ring (bicyclic) bond motifs is 1. The summed E-state index contributed by atoms with van der Waals surface area (Å²) in [4.78, 5) is 10.7. The second kappa shape index (κ2) is 1.95. The number of rotatable bonds is 0. The molecule has 2 heterocycles. The third kappa shape index (κ3) is 0.832. The number of H-pyrrole nitrogens is 1. The summed E-state index contributed by atoms with van der Waals surface area (Å²) in [5, 5.41) is 9.26. The van der Waals surface area contributed by atoms with Gasteiger partial charge in [-0.2, -0.15) is 4.98 Å². The number of aromatic amines is 1. The van der Waals surface area contributed by atoms with Gasteiger partial charge >= 0.3 is 0 Å². The van der Waals surface area contributed by atoms with Crippen LogP contribution in [0.4, 0.5) is 0 Å². The van der Waals surface area contributed by atoms with Crippen molar-refractivity contribution in [2.45, 2.75) is 6.92 Å². The fourth-order valence-corrected chi connectivity index (χ4v) is 1.04. The number of aryl methyl sites for hydroxylation is 1. The average molecular weight is 149 g/mol. The molecule has 0 amide bonds. The van der Waals surface area contributed by atoms with Crippen molar-refractivity contribution in [3.63, 3.8) is 0 Å². The van der Waals surface area contributed by atoms with Crippen LogP contribution in [0.2, 0.25) is 0 Å². The Morgan fingerprint density at radius 2 is 2.27 bits per heavy atom. The maximum atomic E-state index is 9.26. The van der Waals surface area contributed by atoms with E-state index in [1.807, 2.05) is 0 Å². The molecule has 0 bridgehead atoms. The molecule has 0 radical (unpaired) electrons. The molecule has 2 aromatic heterocycles. The quantitative estimate of drug-likeness (QED) is 0.586. The fourth-order valence-electron chi connectivity index (χ4n) is 1.04. The molecule has 2 rings (SSSR count). The van der Waals surface area contributed by atoms with E-state index in [1.54, 1.807) is 19.2 Å². The summed E-state index contributed by atoms with van der Waals surface area (Å²) < 4.78 is 0. The van der Waals surface area contributed by atoms with Gasteiger partial charge in [0.2, 0.25) is 5.88 Å². The minimum atomic E-state index is 0.0116. The van der Waals surface area contributed by atoms with E-state index < -0.39 is 0 Å². The van der Waals surface area contributed by atoms with Crippen LogP contribution in [-0.4, -0.2) is 20.1 Å². The molecule has 4 nitrogen and oxygen atoms in total. The van der Waals surface area contributed by atoms with Crippen LogP contribution in [0.15, 0.2) is 12.3 Å². The Morgan fingerprint density at radius 3 is 3.09 bits per heavy atom. The van der Waals surface area contributed by atoms with Gasteiger partial charge in [-0.25, -0.2) is 4.98 Å². The number of nitrogens with zero attached hydrogens (tertiary/aromatic N) is 2. The minimum Gasteiger partial charge on any atom is -0.492 e. The Labute approximate surface area is 62.9 Å². The molecule has 0 fully saturated rings. The maximum absolute atomic E-state index is 9.26. The van der Waals surface area contributed by atoms with Gasteiger partial charge in [0.25, 0.3) is 0 Å². The number of aromatic nitrogens is 3. The van der Waals surface area contributed by atoms with Crippen molar-refractivity contribution >= 4 is 11.0 Å². The Kier molecular flexibility index (Phi) is 1.09. The van der Waals surface area contributed by atoms with Crippen molar-refractivity contribution in [3.05, 3.63) is 18.1 Å². The third-order valence-corrected chi connectivity index (χ3v) is 1.50. The lowest BCUT2D eigenvalue weighted by atomic mass is 10.4. The minimum absolute atomic E-state index is 0.0116. The van der Waals surface area contributed by atoms with Crippen LogP contribution in [0.5, 0.6) is 5.88 Å². The standard InChI is InChI=1S/C7H7N3O/c1-4-9-5-2-3-8-6(5)7(11)10-4/h2-3,8H,1H3,(H,9,10,11). The Morgan fingerprint density at radius 1 is 1.45 bits per heavy atom. The highest BCUT2D eigenvalue weighted by atomic mass is 16.3. The second-order valence-electron chi connectivity index (χ2n) is 2.33. The van der Waals surface area contributed by atoms with Crippen LogP contribution >= 0.6 is 0 Å². The van der Waals surface area contributed by atoms with Crippen molar-refractivity contribution in [1.29, 1.82) is 0 Å². The molecule has 0 spiro atoms. The largest absolute Gasteiger partial charge is 0.492 e. The average Bonchev–Trinajstić information content (AvgIpc) is 2.34. The monoisotopic (exact) mass is 149 g/mol. The highest BCUT2D eigenvalue weighted by Gasteiger charge is 2.03. The van der Waals surface area contributed by atoms with E-state index in [-0.39, 0.29) is 5.88 Å². The zero-order valence-corrected chi connectivity index (χ0v) is 6.00. The van der Waals surface area contributed by atoms with Crippen LogP contribution in [0.25, 0.3) is 11.0 Å². The fraction of sp³-hybridized carbons (Fsp3) is 0.143. The number of aromatic hydroxyl groups is 1. The first kappa shape index (κ1) is 6.15. The maximum Gasteiger partial charge on any atom is 0.239 e. The van der Waals surface area contributed by atoms with Gasteiger partial charge < -0.3 is 10.1 Å². The Hall–Kier alpha value is -1.58. The van der Waals surface area contributed by atoms with Crippen molar-refractivity contribution in [3.8, 4) is 5.88 Å². The predicted octanol–water partition coefficient (Wildman–Crippen LogP) is 0.972. The first-order valence-electron chi connectivity index (χ1n) is 3.28. The van der Waals surface area contributed by atoms with Crippen LogP contribution in [0, 0.1) is 6.92 Å². The lowest BCUT2D eigenvalue weighted by Crippen LogP contribution is -1.86. The molecule has 0 saturated carbocycles. The molecule has 0 aliphatic rings. The van der Waals surface area contributed by atoms with Crippen LogP contribution in [-0.2, 0) is 0 Å². The molecule has 0 saturated heterocycles. The lowest BCUT2D eigenvalue weighted by Gasteiger charge is -1.94. The number of nitrogens with one attached hydrogen (secondary N) is 1. The van der Waals surface area contributed by atoms with Crippen LogP contribution < -0.4 is 0 Å². The summed E-state index contributed by atoms with van der Waals surface area (Å²) in [6.45, 7) is 1.74. The van der Waals surface area contributed by atoms with Crippen molar-refractivity contribution in [1.82, 2.24) is 15.0 Å². The summed E-state index contributed by atoms with van der Waals surface area (Å²) in [5.74, 6) is 0.590. The molecular weight excluding hydrogens is 142 g/mol. The lowest BCUT2D eigenvalue weighted by molar-refractivity contribution is 0.456. The Balaban J connectivity index is 2.91. The molecule has 4 heteroatoms. The van der Waals surface area contributed by atoms with E-state index in [1.165, 1.54) is 0 Å². The smallest absolute Gasteiger partial charge is 0.239 e. The second-order valence-corrected chi connectivity index (χ2v) is 2.33. The number of hydrogen-bond acceptors (Lipinski definition) is 3. The predicted molar refractivity (Wildman–Crippen MR) is 40.3 cm³/mol. The van der Waals surface area contributed by atoms with E-state index in [4.69, 9.17) is 0 Å². The van der Waals surface area contributed by atoms with Crippen molar-refractivity contribution < 1.29 is 5.11 Å². The van der Waals surface area contributed by atoms with E-state index in [0.29, 0.717) is 11.3 Å². The van der Waals surface area contributed by atoms with E-state index in [2.05, 4.69) is 15.0 Å². The summed E-state index contributed by atoms with van der Waals surface area (Å²) in [7, 11) is 0. The first-order chi connectivity index (χ1) is 5.27. The summed E-state index contributed by atoms with van der Waals surface area (Å²) in [6, 6.07) is 1.80. The zero-order chi connectivity index (χ0) is 7.84.